The lowest BCUT2D eigenvalue weighted by atomic mass is 10.1. The van der Waals surface area contributed by atoms with E-state index in [9.17, 15) is 4.39 Å². The van der Waals surface area contributed by atoms with Crippen molar-refractivity contribution in [1.82, 2.24) is 10.3 Å². The van der Waals surface area contributed by atoms with E-state index in [1.54, 1.807) is 6.07 Å². The quantitative estimate of drug-likeness (QED) is 0.784. The van der Waals surface area contributed by atoms with Crippen LogP contribution in [-0.2, 0) is 6.54 Å². The molecule has 0 spiro atoms. The minimum Gasteiger partial charge on any atom is -0.356 e. The minimum absolute atomic E-state index is 0.267. The van der Waals surface area contributed by atoms with Crippen molar-refractivity contribution in [2.45, 2.75) is 40.7 Å². The summed E-state index contributed by atoms with van der Waals surface area (Å²) in [6.07, 6.45) is 2.45. The van der Waals surface area contributed by atoms with E-state index < -0.39 is 0 Å². The first-order valence-corrected chi connectivity index (χ1v) is 7.22. The van der Waals surface area contributed by atoms with Crippen molar-refractivity contribution in [3.63, 3.8) is 0 Å². The summed E-state index contributed by atoms with van der Waals surface area (Å²) in [6, 6.07) is 1.59. The maximum atomic E-state index is 13.4. The molecule has 1 heterocycles. The number of rotatable bonds is 8. The van der Waals surface area contributed by atoms with Gasteiger partial charge in [-0.05, 0) is 25.5 Å². The number of anilines is 1. The SMILES string of the molecule is CCNCc1cc(F)cnc1N(CC)CC(C)CC. The average molecular weight is 267 g/mol. The molecule has 0 saturated carbocycles. The van der Waals surface area contributed by atoms with E-state index in [4.69, 9.17) is 0 Å². The van der Waals surface area contributed by atoms with E-state index in [2.05, 4.69) is 36.0 Å². The molecule has 0 amide bonds. The van der Waals surface area contributed by atoms with Crippen LogP contribution in [0.4, 0.5) is 10.2 Å². The number of hydrogen-bond donors (Lipinski definition) is 1. The zero-order valence-corrected chi connectivity index (χ0v) is 12.5. The predicted octanol–water partition coefficient (Wildman–Crippen LogP) is 3.20. The van der Waals surface area contributed by atoms with Crippen LogP contribution in [0.5, 0.6) is 0 Å². The van der Waals surface area contributed by atoms with Crippen molar-refractivity contribution in [3.8, 4) is 0 Å². The molecule has 0 saturated heterocycles. The fourth-order valence-electron chi connectivity index (χ4n) is 2.02. The number of nitrogens with zero attached hydrogens (tertiary/aromatic N) is 2. The molecule has 0 aliphatic heterocycles. The van der Waals surface area contributed by atoms with Crippen molar-refractivity contribution in [2.75, 3.05) is 24.5 Å². The Morgan fingerprint density at radius 2 is 2.11 bits per heavy atom. The van der Waals surface area contributed by atoms with Gasteiger partial charge in [0.25, 0.3) is 0 Å². The molecule has 0 aromatic carbocycles. The molecule has 0 fully saturated rings. The number of hydrogen-bond acceptors (Lipinski definition) is 3. The zero-order chi connectivity index (χ0) is 14.3. The van der Waals surface area contributed by atoms with E-state index in [0.717, 1.165) is 37.4 Å². The summed E-state index contributed by atoms with van der Waals surface area (Å²) >= 11 is 0. The molecular weight excluding hydrogens is 241 g/mol. The van der Waals surface area contributed by atoms with Crippen molar-refractivity contribution in [3.05, 3.63) is 23.6 Å². The third-order valence-electron chi connectivity index (χ3n) is 3.39. The summed E-state index contributed by atoms with van der Waals surface area (Å²) in [5, 5.41) is 3.25. The molecule has 1 aromatic rings. The molecule has 19 heavy (non-hydrogen) atoms. The minimum atomic E-state index is -0.267. The third-order valence-corrected chi connectivity index (χ3v) is 3.39. The van der Waals surface area contributed by atoms with Gasteiger partial charge < -0.3 is 10.2 Å². The van der Waals surface area contributed by atoms with Crippen molar-refractivity contribution in [2.24, 2.45) is 5.92 Å². The van der Waals surface area contributed by atoms with Crippen LogP contribution in [0, 0.1) is 11.7 Å². The van der Waals surface area contributed by atoms with Crippen LogP contribution in [0.15, 0.2) is 12.3 Å². The predicted molar refractivity (Wildman–Crippen MR) is 78.9 cm³/mol. The van der Waals surface area contributed by atoms with E-state index in [-0.39, 0.29) is 5.82 Å². The second kappa shape index (κ2) is 8.10. The molecule has 1 unspecified atom stereocenters. The van der Waals surface area contributed by atoms with Gasteiger partial charge in [0.15, 0.2) is 0 Å². The highest BCUT2D eigenvalue weighted by Gasteiger charge is 2.14. The highest BCUT2D eigenvalue weighted by atomic mass is 19.1. The molecule has 1 atom stereocenters. The first-order chi connectivity index (χ1) is 9.12. The molecule has 3 nitrogen and oxygen atoms in total. The first kappa shape index (κ1) is 15.9. The van der Waals surface area contributed by atoms with Gasteiger partial charge in [-0.1, -0.05) is 27.2 Å². The third kappa shape index (κ3) is 4.78. The summed E-state index contributed by atoms with van der Waals surface area (Å²) < 4.78 is 13.4. The number of pyridine rings is 1. The Morgan fingerprint density at radius 3 is 2.68 bits per heavy atom. The number of halogens is 1. The Bertz CT molecular complexity index is 382. The number of aromatic nitrogens is 1. The summed E-state index contributed by atoms with van der Waals surface area (Å²) in [5.41, 5.74) is 0.937. The Morgan fingerprint density at radius 1 is 1.37 bits per heavy atom. The van der Waals surface area contributed by atoms with Gasteiger partial charge in [-0.15, -0.1) is 0 Å². The first-order valence-electron chi connectivity index (χ1n) is 7.22. The van der Waals surface area contributed by atoms with Crippen LogP contribution in [0.1, 0.15) is 39.7 Å². The van der Waals surface area contributed by atoms with Crippen molar-refractivity contribution >= 4 is 5.82 Å². The van der Waals surface area contributed by atoms with Crippen LogP contribution in [-0.4, -0.2) is 24.6 Å². The summed E-state index contributed by atoms with van der Waals surface area (Å²) in [6.45, 7) is 12.0. The van der Waals surface area contributed by atoms with E-state index in [0.29, 0.717) is 12.5 Å². The Balaban J connectivity index is 2.94. The monoisotopic (exact) mass is 267 g/mol. The largest absolute Gasteiger partial charge is 0.356 e. The molecule has 1 N–H and O–H groups in total. The molecule has 0 bridgehead atoms. The maximum Gasteiger partial charge on any atom is 0.141 e. The summed E-state index contributed by atoms with van der Waals surface area (Å²) in [4.78, 5) is 6.54. The van der Waals surface area contributed by atoms with Crippen LogP contribution < -0.4 is 10.2 Å². The van der Waals surface area contributed by atoms with Gasteiger partial charge in [-0.3, -0.25) is 0 Å². The van der Waals surface area contributed by atoms with Gasteiger partial charge in [-0.25, -0.2) is 9.37 Å². The Kier molecular flexibility index (Phi) is 6.78. The smallest absolute Gasteiger partial charge is 0.141 e. The van der Waals surface area contributed by atoms with E-state index >= 15 is 0 Å². The normalized spacial score (nSPS) is 12.5. The standard InChI is InChI=1S/C15H26FN3/c1-5-12(4)11-19(7-3)15-13(9-17-6-2)8-14(16)10-18-15/h8,10,12,17H,5-7,9,11H2,1-4H3. The van der Waals surface area contributed by atoms with Gasteiger partial charge >= 0.3 is 0 Å². The van der Waals surface area contributed by atoms with Crippen molar-refractivity contribution < 1.29 is 4.39 Å². The van der Waals surface area contributed by atoms with Gasteiger partial charge in [0, 0.05) is 25.2 Å². The lowest BCUT2D eigenvalue weighted by Crippen LogP contribution is -2.30. The van der Waals surface area contributed by atoms with E-state index in [1.165, 1.54) is 6.20 Å². The molecule has 4 heteroatoms. The average Bonchev–Trinajstić information content (AvgIpc) is 2.42. The van der Waals surface area contributed by atoms with Gasteiger partial charge in [0.1, 0.15) is 11.6 Å². The molecule has 0 aliphatic carbocycles. The Hall–Kier alpha value is -1.16. The number of nitrogens with one attached hydrogen (secondary N) is 1. The maximum absolute atomic E-state index is 13.4. The topological polar surface area (TPSA) is 28.2 Å². The highest BCUT2D eigenvalue weighted by molar-refractivity contribution is 5.46. The molecule has 0 aliphatic rings. The molecule has 1 aromatic heterocycles. The highest BCUT2D eigenvalue weighted by Crippen LogP contribution is 2.20. The summed E-state index contributed by atoms with van der Waals surface area (Å²) in [5.74, 6) is 1.25. The molecule has 108 valence electrons. The fraction of sp³-hybridized carbons (Fsp3) is 0.667. The van der Waals surface area contributed by atoms with Gasteiger partial charge in [0.2, 0.25) is 0 Å². The lowest BCUT2D eigenvalue weighted by Gasteiger charge is -2.27. The zero-order valence-electron chi connectivity index (χ0n) is 12.5. The van der Waals surface area contributed by atoms with Crippen LogP contribution in [0.25, 0.3) is 0 Å². The van der Waals surface area contributed by atoms with Crippen LogP contribution in [0.3, 0.4) is 0 Å². The fourth-order valence-corrected chi connectivity index (χ4v) is 2.02. The molecular formula is C15H26FN3. The van der Waals surface area contributed by atoms with E-state index in [1.807, 2.05) is 6.92 Å². The second-order valence-electron chi connectivity index (χ2n) is 4.97. The molecule has 1 rings (SSSR count). The summed E-state index contributed by atoms with van der Waals surface area (Å²) in [7, 11) is 0. The molecule has 0 radical (unpaired) electrons. The van der Waals surface area contributed by atoms with Gasteiger partial charge in [0.05, 0.1) is 6.20 Å². The Labute approximate surface area is 116 Å². The second-order valence-corrected chi connectivity index (χ2v) is 4.97. The lowest BCUT2D eigenvalue weighted by molar-refractivity contribution is 0.542. The van der Waals surface area contributed by atoms with Crippen molar-refractivity contribution in [1.29, 1.82) is 0 Å². The van der Waals surface area contributed by atoms with Crippen LogP contribution in [0.2, 0.25) is 0 Å². The van der Waals surface area contributed by atoms with Crippen LogP contribution >= 0.6 is 0 Å². The van der Waals surface area contributed by atoms with Gasteiger partial charge in [-0.2, -0.15) is 0 Å².